The normalized spacial score (nSPS) is 13.7. The zero-order valence-corrected chi connectivity index (χ0v) is 17.7. The van der Waals surface area contributed by atoms with Gasteiger partial charge in [0.2, 0.25) is 0 Å². The molecule has 30 heavy (non-hydrogen) atoms. The van der Waals surface area contributed by atoms with E-state index in [-0.39, 0.29) is 19.1 Å². The molecule has 0 spiro atoms. The fourth-order valence-corrected chi connectivity index (χ4v) is 3.36. The largest absolute Gasteiger partial charge is 0.495 e. The molecular weight excluding hydrogens is 384 g/mol. The molecule has 0 unspecified atom stereocenters. The van der Waals surface area contributed by atoms with Crippen molar-refractivity contribution >= 4 is 17.6 Å². The van der Waals surface area contributed by atoms with Crippen LogP contribution in [0, 0.1) is 13.8 Å². The van der Waals surface area contributed by atoms with Gasteiger partial charge in [-0.3, -0.25) is 4.79 Å². The summed E-state index contributed by atoms with van der Waals surface area (Å²) in [5.41, 5.74) is 3.01. The van der Waals surface area contributed by atoms with Crippen LogP contribution in [0.2, 0.25) is 0 Å². The summed E-state index contributed by atoms with van der Waals surface area (Å²) >= 11 is 0. The van der Waals surface area contributed by atoms with Gasteiger partial charge in [0.1, 0.15) is 11.5 Å². The minimum absolute atomic E-state index is 0.199. The summed E-state index contributed by atoms with van der Waals surface area (Å²) in [7, 11) is 1.65. The number of nitrogens with zero attached hydrogens (tertiary/aromatic N) is 2. The van der Waals surface area contributed by atoms with Crippen LogP contribution >= 0.6 is 0 Å². The number of ether oxygens (including phenoxy) is 3. The van der Waals surface area contributed by atoms with E-state index in [4.69, 9.17) is 14.2 Å². The first-order chi connectivity index (χ1) is 14.5. The summed E-state index contributed by atoms with van der Waals surface area (Å²) in [4.78, 5) is 28.3. The highest BCUT2D eigenvalue weighted by molar-refractivity contribution is 5.81. The number of methoxy groups -OCH3 is 1. The molecule has 0 bridgehead atoms. The van der Waals surface area contributed by atoms with Gasteiger partial charge in [-0.25, -0.2) is 4.79 Å². The van der Waals surface area contributed by atoms with E-state index < -0.39 is 5.97 Å². The Bertz CT molecular complexity index is 891. The lowest BCUT2D eigenvalue weighted by Gasteiger charge is -2.36. The summed E-state index contributed by atoms with van der Waals surface area (Å²) in [6, 6.07) is 13.6. The zero-order valence-electron chi connectivity index (χ0n) is 17.7. The molecule has 1 heterocycles. The lowest BCUT2D eigenvalue weighted by Crippen LogP contribution is -2.50. The molecule has 0 saturated carbocycles. The Labute approximate surface area is 177 Å². The van der Waals surface area contributed by atoms with Crippen molar-refractivity contribution in [2.75, 3.05) is 51.4 Å². The summed E-state index contributed by atoms with van der Waals surface area (Å²) in [6.07, 6.45) is 0. The summed E-state index contributed by atoms with van der Waals surface area (Å²) < 4.78 is 16.0. The van der Waals surface area contributed by atoms with E-state index in [0.717, 1.165) is 22.6 Å². The summed E-state index contributed by atoms with van der Waals surface area (Å²) in [5.74, 6) is 0.701. The van der Waals surface area contributed by atoms with Crippen LogP contribution in [0.4, 0.5) is 5.69 Å². The number of piperazine rings is 1. The molecule has 0 N–H and O–H groups in total. The quantitative estimate of drug-likeness (QED) is 0.651. The van der Waals surface area contributed by atoms with Crippen molar-refractivity contribution in [1.82, 2.24) is 4.90 Å². The van der Waals surface area contributed by atoms with Gasteiger partial charge in [0.05, 0.1) is 12.8 Å². The standard InChI is InChI=1S/C23H28N2O5/c1-17-8-9-18(2)21(14-17)29-16-23(27)30-15-22(26)25-12-10-24(11-13-25)19-6-4-5-7-20(19)28-3/h4-9,14H,10-13,15-16H2,1-3H3. The highest BCUT2D eigenvalue weighted by Crippen LogP contribution is 2.28. The number of rotatable bonds is 7. The van der Waals surface area contributed by atoms with Crippen molar-refractivity contribution in [1.29, 1.82) is 0 Å². The fourth-order valence-electron chi connectivity index (χ4n) is 3.36. The molecule has 0 aliphatic carbocycles. The van der Waals surface area contributed by atoms with Crippen molar-refractivity contribution in [2.45, 2.75) is 13.8 Å². The number of aryl methyl sites for hydroxylation is 2. The van der Waals surface area contributed by atoms with Gasteiger partial charge in [-0.2, -0.15) is 0 Å². The average Bonchev–Trinajstić information content (AvgIpc) is 2.78. The van der Waals surface area contributed by atoms with Crippen molar-refractivity contribution in [2.24, 2.45) is 0 Å². The second kappa shape index (κ2) is 10.0. The van der Waals surface area contributed by atoms with E-state index in [1.807, 2.05) is 56.3 Å². The van der Waals surface area contributed by atoms with Gasteiger partial charge < -0.3 is 24.0 Å². The molecule has 1 saturated heterocycles. The molecule has 1 aliphatic rings. The number of anilines is 1. The molecule has 0 atom stereocenters. The first-order valence-electron chi connectivity index (χ1n) is 9.99. The van der Waals surface area contributed by atoms with Crippen LogP contribution in [-0.4, -0.2) is 63.3 Å². The van der Waals surface area contributed by atoms with Crippen molar-refractivity contribution < 1.29 is 23.8 Å². The van der Waals surface area contributed by atoms with E-state index in [1.165, 1.54) is 0 Å². The number of carbonyl (C=O) groups excluding carboxylic acids is 2. The average molecular weight is 412 g/mol. The Balaban J connectivity index is 1.42. The van der Waals surface area contributed by atoms with Crippen LogP contribution in [0.1, 0.15) is 11.1 Å². The maximum absolute atomic E-state index is 12.4. The molecule has 0 aromatic heterocycles. The Morgan fingerprint density at radius 3 is 2.40 bits per heavy atom. The Morgan fingerprint density at radius 2 is 1.67 bits per heavy atom. The smallest absolute Gasteiger partial charge is 0.344 e. The van der Waals surface area contributed by atoms with Crippen molar-refractivity contribution in [3.8, 4) is 11.5 Å². The zero-order chi connectivity index (χ0) is 21.5. The molecule has 0 radical (unpaired) electrons. The van der Waals surface area contributed by atoms with Crippen molar-refractivity contribution in [3.05, 3.63) is 53.6 Å². The molecule has 3 rings (SSSR count). The first-order valence-corrected chi connectivity index (χ1v) is 9.99. The number of para-hydroxylation sites is 2. The number of carbonyl (C=O) groups is 2. The molecule has 7 heteroatoms. The van der Waals surface area contributed by atoms with E-state index in [2.05, 4.69) is 4.90 Å². The maximum atomic E-state index is 12.4. The highest BCUT2D eigenvalue weighted by Gasteiger charge is 2.23. The number of hydrogen-bond acceptors (Lipinski definition) is 6. The van der Waals surface area contributed by atoms with Crippen LogP contribution in [0.25, 0.3) is 0 Å². The van der Waals surface area contributed by atoms with E-state index in [1.54, 1.807) is 12.0 Å². The van der Waals surface area contributed by atoms with Crippen LogP contribution in [-0.2, 0) is 14.3 Å². The monoisotopic (exact) mass is 412 g/mol. The lowest BCUT2D eigenvalue weighted by molar-refractivity contribution is -0.153. The molecule has 2 aromatic rings. The third-order valence-corrected chi connectivity index (χ3v) is 5.10. The van der Waals surface area contributed by atoms with Crippen LogP contribution < -0.4 is 14.4 Å². The first kappa shape index (κ1) is 21.5. The Hall–Kier alpha value is -3.22. The van der Waals surface area contributed by atoms with Gasteiger partial charge in [0.25, 0.3) is 5.91 Å². The van der Waals surface area contributed by atoms with E-state index in [9.17, 15) is 9.59 Å². The van der Waals surface area contributed by atoms with Gasteiger partial charge in [-0.05, 0) is 43.2 Å². The molecule has 7 nitrogen and oxygen atoms in total. The van der Waals surface area contributed by atoms with Crippen LogP contribution in [0.15, 0.2) is 42.5 Å². The maximum Gasteiger partial charge on any atom is 0.344 e. The van der Waals surface area contributed by atoms with E-state index in [0.29, 0.717) is 31.9 Å². The number of hydrogen-bond donors (Lipinski definition) is 0. The van der Waals surface area contributed by atoms with E-state index >= 15 is 0 Å². The highest BCUT2D eigenvalue weighted by atomic mass is 16.6. The SMILES string of the molecule is COc1ccccc1N1CCN(C(=O)COC(=O)COc2cc(C)ccc2C)CC1. The second-order valence-electron chi connectivity index (χ2n) is 7.26. The van der Waals surface area contributed by atoms with Gasteiger partial charge in [-0.15, -0.1) is 0 Å². The van der Waals surface area contributed by atoms with Gasteiger partial charge >= 0.3 is 5.97 Å². The molecule has 1 amide bonds. The van der Waals surface area contributed by atoms with Crippen molar-refractivity contribution in [3.63, 3.8) is 0 Å². The molecule has 1 aliphatic heterocycles. The molecule has 160 valence electrons. The molecule has 2 aromatic carbocycles. The lowest BCUT2D eigenvalue weighted by atomic mass is 10.1. The summed E-state index contributed by atoms with van der Waals surface area (Å²) in [5, 5.41) is 0. The topological polar surface area (TPSA) is 68.3 Å². The number of amides is 1. The minimum Gasteiger partial charge on any atom is -0.495 e. The predicted octanol–water partition coefficient (Wildman–Crippen LogP) is 2.58. The summed E-state index contributed by atoms with van der Waals surface area (Å²) in [6.45, 7) is 5.88. The van der Waals surface area contributed by atoms with Gasteiger partial charge in [-0.1, -0.05) is 24.3 Å². The third-order valence-electron chi connectivity index (χ3n) is 5.10. The van der Waals surface area contributed by atoms with Gasteiger partial charge in [0.15, 0.2) is 13.2 Å². The number of esters is 1. The second-order valence-corrected chi connectivity index (χ2v) is 7.26. The predicted molar refractivity (Wildman–Crippen MR) is 114 cm³/mol. The third kappa shape index (κ3) is 5.43. The molecular formula is C23H28N2O5. The fraction of sp³-hybridized carbons (Fsp3) is 0.391. The molecule has 1 fully saturated rings. The Morgan fingerprint density at radius 1 is 0.933 bits per heavy atom. The van der Waals surface area contributed by atoms with Crippen LogP contribution in [0.5, 0.6) is 11.5 Å². The van der Waals surface area contributed by atoms with Gasteiger partial charge in [0, 0.05) is 26.2 Å². The van der Waals surface area contributed by atoms with Crippen LogP contribution in [0.3, 0.4) is 0 Å². The minimum atomic E-state index is -0.558. The Kier molecular flexibility index (Phi) is 7.17. The number of benzene rings is 2.